The van der Waals surface area contributed by atoms with Gasteiger partial charge in [-0.05, 0) is 65.5 Å². The van der Waals surface area contributed by atoms with Gasteiger partial charge in [0.1, 0.15) is 17.6 Å². The van der Waals surface area contributed by atoms with Gasteiger partial charge in [0.05, 0.1) is 19.8 Å². The third-order valence-electron chi connectivity index (χ3n) is 5.12. The Kier molecular flexibility index (Phi) is 4.99. The van der Waals surface area contributed by atoms with Crippen molar-refractivity contribution in [3.05, 3.63) is 58.7 Å². The predicted molar refractivity (Wildman–Crippen MR) is 99.3 cm³/mol. The largest absolute Gasteiger partial charge is 0.496 e. The Morgan fingerprint density at radius 3 is 2.44 bits per heavy atom. The molecule has 1 fully saturated rings. The number of benzene rings is 2. The maximum atomic E-state index is 9.26. The summed E-state index contributed by atoms with van der Waals surface area (Å²) in [5.74, 6) is 3.30. The van der Waals surface area contributed by atoms with Crippen LogP contribution in [0.3, 0.4) is 0 Å². The Hall–Kier alpha value is -2.47. The molecule has 0 N–H and O–H groups in total. The fourth-order valence-electron chi connectivity index (χ4n) is 3.53. The summed E-state index contributed by atoms with van der Waals surface area (Å²) in [6.07, 6.45) is 2.16. The van der Waals surface area contributed by atoms with Crippen LogP contribution >= 0.6 is 0 Å². The Morgan fingerprint density at radius 2 is 1.80 bits per heavy atom. The van der Waals surface area contributed by atoms with Crippen molar-refractivity contribution in [2.45, 2.75) is 38.5 Å². The van der Waals surface area contributed by atoms with Gasteiger partial charge in [0.2, 0.25) is 0 Å². The maximum Gasteiger partial charge on any atom is 0.136 e. The summed E-state index contributed by atoms with van der Waals surface area (Å²) in [5, 5.41) is 9.26. The van der Waals surface area contributed by atoms with Crippen LogP contribution in [0, 0.1) is 17.2 Å². The zero-order valence-electron chi connectivity index (χ0n) is 15.4. The molecule has 3 nitrogen and oxygen atoms in total. The van der Waals surface area contributed by atoms with E-state index in [1.165, 1.54) is 23.1 Å². The van der Waals surface area contributed by atoms with Gasteiger partial charge in [-0.2, -0.15) is 5.26 Å². The van der Waals surface area contributed by atoms with E-state index in [1.807, 2.05) is 12.1 Å². The lowest BCUT2D eigenvalue weighted by Crippen LogP contribution is -1.97. The summed E-state index contributed by atoms with van der Waals surface area (Å²) >= 11 is 0. The fourth-order valence-corrected chi connectivity index (χ4v) is 3.53. The van der Waals surface area contributed by atoms with Crippen LogP contribution in [0.1, 0.15) is 54.4 Å². The minimum atomic E-state index is 0.515. The van der Waals surface area contributed by atoms with E-state index in [4.69, 9.17) is 9.47 Å². The summed E-state index contributed by atoms with van der Waals surface area (Å²) < 4.78 is 10.8. The molecule has 1 saturated carbocycles. The minimum Gasteiger partial charge on any atom is -0.496 e. The molecule has 3 heteroatoms. The van der Waals surface area contributed by atoms with Gasteiger partial charge in [-0.15, -0.1) is 0 Å². The van der Waals surface area contributed by atoms with Crippen LogP contribution in [0.25, 0.3) is 0 Å². The van der Waals surface area contributed by atoms with E-state index in [-0.39, 0.29) is 0 Å². The standard InChI is InChI=1S/C22H25NO2/c1-14(2)16-6-8-22(25-4)20(11-16)19-12-17(19)9-15-5-7-21(24-3)18(10-15)13-23/h5-8,10-11,14,17,19H,9,12H2,1-4H3. The molecule has 0 aromatic heterocycles. The van der Waals surface area contributed by atoms with Crippen molar-refractivity contribution < 1.29 is 9.47 Å². The number of nitrogens with zero attached hydrogens (tertiary/aromatic N) is 1. The van der Waals surface area contributed by atoms with Crippen molar-refractivity contribution in [2.24, 2.45) is 5.92 Å². The molecule has 25 heavy (non-hydrogen) atoms. The number of hydrogen-bond donors (Lipinski definition) is 0. The zero-order valence-corrected chi connectivity index (χ0v) is 15.4. The lowest BCUT2D eigenvalue weighted by molar-refractivity contribution is 0.409. The van der Waals surface area contributed by atoms with Crippen molar-refractivity contribution in [3.8, 4) is 17.6 Å². The second kappa shape index (κ2) is 7.19. The quantitative estimate of drug-likeness (QED) is 0.742. The van der Waals surface area contributed by atoms with Gasteiger partial charge in [-0.1, -0.05) is 32.0 Å². The molecule has 0 heterocycles. The molecule has 1 aliphatic rings. The number of ether oxygens (including phenoxy) is 2. The normalized spacial score (nSPS) is 18.7. The Bertz CT molecular complexity index is 804. The molecule has 0 saturated heterocycles. The molecule has 2 aromatic carbocycles. The lowest BCUT2D eigenvalue weighted by Gasteiger charge is -2.13. The molecule has 2 unspecified atom stereocenters. The van der Waals surface area contributed by atoms with Crippen LogP contribution in [0.5, 0.6) is 11.5 Å². The van der Waals surface area contributed by atoms with Crippen LogP contribution in [-0.4, -0.2) is 14.2 Å². The average molecular weight is 335 g/mol. The van der Waals surface area contributed by atoms with Gasteiger partial charge in [-0.3, -0.25) is 0 Å². The van der Waals surface area contributed by atoms with Crippen molar-refractivity contribution in [2.75, 3.05) is 14.2 Å². The smallest absolute Gasteiger partial charge is 0.136 e. The minimum absolute atomic E-state index is 0.515. The average Bonchev–Trinajstić information content (AvgIpc) is 3.39. The highest BCUT2D eigenvalue weighted by Crippen LogP contribution is 2.52. The summed E-state index contributed by atoms with van der Waals surface area (Å²) in [7, 11) is 3.34. The van der Waals surface area contributed by atoms with E-state index in [0.29, 0.717) is 29.1 Å². The third-order valence-corrected chi connectivity index (χ3v) is 5.12. The van der Waals surface area contributed by atoms with Crippen molar-refractivity contribution in [1.29, 1.82) is 5.26 Å². The first kappa shape index (κ1) is 17.4. The summed E-state index contributed by atoms with van der Waals surface area (Å²) in [6.45, 7) is 4.44. The Morgan fingerprint density at radius 1 is 1.08 bits per heavy atom. The molecular formula is C22H25NO2. The van der Waals surface area contributed by atoms with Crippen molar-refractivity contribution in [3.63, 3.8) is 0 Å². The number of hydrogen-bond acceptors (Lipinski definition) is 3. The molecule has 0 aliphatic heterocycles. The van der Waals surface area contributed by atoms with Crippen LogP contribution in [0.4, 0.5) is 0 Å². The molecular weight excluding hydrogens is 310 g/mol. The number of rotatable bonds is 6. The first-order valence-electron chi connectivity index (χ1n) is 8.82. The first-order valence-corrected chi connectivity index (χ1v) is 8.82. The van der Waals surface area contributed by atoms with E-state index in [9.17, 15) is 5.26 Å². The molecule has 0 amide bonds. The molecule has 0 bridgehead atoms. The third kappa shape index (κ3) is 3.64. The van der Waals surface area contributed by atoms with E-state index in [1.54, 1.807) is 14.2 Å². The number of methoxy groups -OCH3 is 2. The Balaban J connectivity index is 1.77. The highest BCUT2D eigenvalue weighted by molar-refractivity contribution is 5.47. The second-order valence-electron chi connectivity index (χ2n) is 7.11. The molecule has 130 valence electrons. The summed E-state index contributed by atoms with van der Waals surface area (Å²) in [4.78, 5) is 0. The first-order chi connectivity index (χ1) is 12.1. The zero-order chi connectivity index (χ0) is 18.0. The summed E-state index contributed by atoms with van der Waals surface area (Å²) in [5.41, 5.74) is 4.49. The van der Waals surface area contributed by atoms with Crippen LogP contribution in [0.2, 0.25) is 0 Å². The maximum absolute atomic E-state index is 9.26. The molecule has 0 spiro atoms. The topological polar surface area (TPSA) is 42.2 Å². The van der Waals surface area contributed by atoms with Crippen molar-refractivity contribution in [1.82, 2.24) is 0 Å². The van der Waals surface area contributed by atoms with Gasteiger partial charge < -0.3 is 9.47 Å². The molecule has 1 aliphatic carbocycles. The molecule has 0 radical (unpaired) electrons. The lowest BCUT2D eigenvalue weighted by atomic mass is 9.96. The van der Waals surface area contributed by atoms with Crippen LogP contribution < -0.4 is 9.47 Å². The Labute approximate surface area is 150 Å². The van der Waals surface area contributed by atoms with Gasteiger partial charge in [0.25, 0.3) is 0 Å². The van der Waals surface area contributed by atoms with Gasteiger partial charge in [0, 0.05) is 0 Å². The highest BCUT2D eigenvalue weighted by Gasteiger charge is 2.40. The molecule has 3 rings (SSSR count). The monoisotopic (exact) mass is 335 g/mol. The highest BCUT2D eigenvalue weighted by atomic mass is 16.5. The van der Waals surface area contributed by atoms with E-state index in [2.05, 4.69) is 44.2 Å². The molecule has 2 atom stereocenters. The van der Waals surface area contributed by atoms with Crippen LogP contribution in [-0.2, 0) is 6.42 Å². The number of nitriles is 1. The molecule has 2 aromatic rings. The van der Waals surface area contributed by atoms with E-state index >= 15 is 0 Å². The van der Waals surface area contributed by atoms with Gasteiger partial charge >= 0.3 is 0 Å². The summed E-state index contributed by atoms with van der Waals surface area (Å²) in [6, 6.07) is 14.7. The fraction of sp³-hybridized carbons (Fsp3) is 0.409. The SMILES string of the molecule is COc1ccc(CC2CC2c2cc(C(C)C)ccc2OC)cc1C#N. The second-order valence-corrected chi connectivity index (χ2v) is 7.11. The van der Waals surface area contributed by atoms with E-state index < -0.39 is 0 Å². The van der Waals surface area contributed by atoms with Crippen molar-refractivity contribution >= 4 is 0 Å². The van der Waals surface area contributed by atoms with Crippen LogP contribution in [0.15, 0.2) is 36.4 Å². The van der Waals surface area contributed by atoms with Gasteiger partial charge in [0.15, 0.2) is 0 Å². The van der Waals surface area contributed by atoms with E-state index in [0.717, 1.165) is 12.2 Å². The van der Waals surface area contributed by atoms with Gasteiger partial charge in [-0.25, -0.2) is 0 Å². The predicted octanol–water partition coefficient (Wildman–Crippen LogP) is 5.05.